The largest absolute Gasteiger partial charge is 0.311 e. The van der Waals surface area contributed by atoms with Gasteiger partial charge in [0.1, 0.15) is 12.2 Å². The maximum absolute atomic E-state index is 4.26. The van der Waals surface area contributed by atoms with Crippen LogP contribution in [0.25, 0.3) is 0 Å². The van der Waals surface area contributed by atoms with Crippen LogP contribution in [0.5, 0.6) is 0 Å². The van der Waals surface area contributed by atoms with Crippen LogP contribution in [-0.4, -0.2) is 26.8 Å². The molecule has 2 rings (SSSR count). The normalized spacial score (nSPS) is 20.2. The van der Waals surface area contributed by atoms with E-state index in [1.54, 1.807) is 6.33 Å². The predicted molar refractivity (Wildman–Crippen MR) is 59.5 cm³/mol. The smallest absolute Gasteiger partial charge is 0.138 e. The molecule has 4 heteroatoms. The summed E-state index contributed by atoms with van der Waals surface area (Å²) >= 11 is 0. The molecule has 0 aromatic carbocycles. The van der Waals surface area contributed by atoms with Gasteiger partial charge in [-0.15, -0.1) is 0 Å². The van der Waals surface area contributed by atoms with E-state index in [4.69, 9.17) is 0 Å². The fourth-order valence-electron chi connectivity index (χ4n) is 1.76. The molecular formula is C11H20N4. The van der Waals surface area contributed by atoms with Crippen molar-refractivity contribution in [2.24, 2.45) is 13.0 Å². The Balaban J connectivity index is 1.85. The van der Waals surface area contributed by atoms with Crippen molar-refractivity contribution in [1.82, 2.24) is 20.1 Å². The van der Waals surface area contributed by atoms with Gasteiger partial charge in [0, 0.05) is 25.6 Å². The third-order valence-corrected chi connectivity index (χ3v) is 3.24. The molecule has 0 saturated heterocycles. The summed E-state index contributed by atoms with van der Waals surface area (Å²) in [6, 6.07) is 1.34. The number of rotatable bonds is 5. The van der Waals surface area contributed by atoms with Gasteiger partial charge in [-0.1, -0.05) is 6.92 Å². The van der Waals surface area contributed by atoms with E-state index in [2.05, 4.69) is 29.2 Å². The van der Waals surface area contributed by atoms with Gasteiger partial charge < -0.3 is 5.32 Å². The van der Waals surface area contributed by atoms with Crippen molar-refractivity contribution in [1.29, 1.82) is 0 Å². The molecule has 0 radical (unpaired) electrons. The Bertz CT molecular complexity index is 316. The van der Waals surface area contributed by atoms with Crippen LogP contribution in [0.1, 0.15) is 32.5 Å². The van der Waals surface area contributed by atoms with Gasteiger partial charge in [-0.2, -0.15) is 5.10 Å². The van der Waals surface area contributed by atoms with Crippen LogP contribution in [0.2, 0.25) is 0 Å². The second kappa shape index (κ2) is 4.31. The van der Waals surface area contributed by atoms with Crippen LogP contribution in [0.4, 0.5) is 0 Å². The number of nitrogens with zero attached hydrogens (tertiary/aromatic N) is 3. The highest BCUT2D eigenvalue weighted by Crippen LogP contribution is 2.21. The molecule has 2 atom stereocenters. The molecule has 1 aromatic rings. The molecule has 0 aliphatic heterocycles. The molecule has 0 amide bonds. The lowest BCUT2D eigenvalue weighted by atomic mass is 9.99. The molecule has 1 saturated carbocycles. The van der Waals surface area contributed by atoms with Crippen LogP contribution < -0.4 is 5.32 Å². The van der Waals surface area contributed by atoms with Crippen LogP contribution in [0.3, 0.4) is 0 Å². The number of nitrogens with one attached hydrogen (secondary N) is 1. The first-order valence-corrected chi connectivity index (χ1v) is 5.75. The molecule has 1 fully saturated rings. The van der Waals surface area contributed by atoms with Gasteiger partial charge in [-0.25, -0.2) is 4.98 Å². The average Bonchev–Trinajstić information content (AvgIpc) is 2.92. The number of aromatic nitrogens is 3. The van der Waals surface area contributed by atoms with E-state index in [0.717, 1.165) is 18.3 Å². The van der Waals surface area contributed by atoms with Crippen molar-refractivity contribution in [3.8, 4) is 0 Å². The summed E-state index contributed by atoms with van der Waals surface area (Å²) in [6.07, 6.45) is 5.32. The van der Waals surface area contributed by atoms with Crippen molar-refractivity contribution < 1.29 is 0 Å². The Morgan fingerprint density at radius 3 is 2.80 bits per heavy atom. The van der Waals surface area contributed by atoms with Gasteiger partial charge in [0.2, 0.25) is 0 Å². The Labute approximate surface area is 91.1 Å². The predicted octanol–water partition coefficient (Wildman–Crippen LogP) is 1.13. The van der Waals surface area contributed by atoms with Crippen LogP contribution >= 0.6 is 0 Å². The van der Waals surface area contributed by atoms with E-state index in [-0.39, 0.29) is 0 Å². The molecule has 0 bridgehead atoms. The van der Waals surface area contributed by atoms with E-state index in [1.165, 1.54) is 12.8 Å². The van der Waals surface area contributed by atoms with Gasteiger partial charge in [-0.3, -0.25) is 4.68 Å². The highest BCUT2D eigenvalue weighted by Gasteiger charge is 2.25. The molecular weight excluding hydrogens is 188 g/mol. The Hall–Kier alpha value is -0.900. The van der Waals surface area contributed by atoms with Crippen LogP contribution in [-0.2, 0) is 13.5 Å². The fraction of sp³-hybridized carbons (Fsp3) is 0.818. The van der Waals surface area contributed by atoms with E-state index in [0.29, 0.717) is 12.0 Å². The van der Waals surface area contributed by atoms with E-state index < -0.39 is 0 Å². The zero-order chi connectivity index (χ0) is 10.8. The third-order valence-electron chi connectivity index (χ3n) is 3.24. The van der Waals surface area contributed by atoms with Crippen molar-refractivity contribution >= 4 is 0 Å². The van der Waals surface area contributed by atoms with E-state index >= 15 is 0 Å². The second-order valence-corrected chi connectivity index (χ2v) is 4.71. The summed E-state index contributed by atoms with van der Waals surface area (Å²) in [6.45, 7) is 4.54. The van der Waals surface area contributed by atoms with E-state index in [9.17, 15) is 0 Å². The van der Waals surface area contributed by atoms with Gasteiger partial charge >= 0.3 is 0 Å². The van der Waals surface area contributed by atoms with Gasteiger partial charge in [-0.05, 0) is 25.7 Å². The molecule has 0 spiro atoms. The van der Waals surface area contributed by atoms with Crippen molar-refractivity contribution in [2.45, 2.75) is 45.2 Å². The van der Waals surface area contributed by atoms with Crippen molar-refractivity contribution in [3.05, 3.63) is 12.2 Å². The number of hydrogen-bond donors (Lipinski definition) is 1. The molecule has 2 unspecified atom stereocenters. The summed E-state index contributed by atoms with van der Waals surface area (Å²) in [5, 5.41) is 7.72. The Morgan fingerprint density at radius 2 is 2.27 bits per heavy atom. The van der Waals surface area contributed by atoms with Crippen molar-refractivity contribution in [3.63, 3.8) is 0 Å². The zero-order valence-electron chi connectivity index (χ0n) is 9.77. The fourth-order valence-corrected chi connectivity index (χ4v) is 1.76. The van der Waals surface area contributed by atoms with Gasteiger partial charge in [0.25, 0.3) is 0 Å². The summed E-state index contributed by atoms with van der Waals surface area (Å²) in [7, 11) is 1.95. The maximum atomic E-state index is 4.26. The lowest BCUT2D eigenvalue weighted by Crippen LogP contribution is -2.35. The first-order chi connectivity index (χ1) is 7.16. The summed E-state index contributed by atoms with van der Waals surface area (Å²) < 4.78 is 1.86. The highest BCUT2D eigenvalue weighted by atomic mass is 15.3. The minimum Gasteiger partial charge on any atom is -0.311 e. The topological polar surface area (TPSA) is 42.7 Å². The molecule has 84 valence electrons. The molecule has 15 heavy (non-hydrogen) atoms. The molecule has 1 aliphatic carbocycles. The first-order valence-electron chi connectivity index (χ1n) is 5.75. The van der Waals surface area contributed by atoms with Crippen LogP contribution in [0.15, 0.2) is 6.33 Å². The van der Waals surface area contributed by atoms with Gasteiger partial charge in [0.05, 0.1) is 0 Å². The number of aryl methyl sites for hydroxylation is 1. The molecule has 4 nitrogen and oxygen atoms in total. The minimum atomic E-state index is 0.564. The summed E-state index contributed by atoms with van der Waals surface area (Å²) in [5.74, 6) is 1.68. The van der Waals surface area contributed by atoms with E-state index in [1.807, 2.05) is 11.7 Å². The lowest BCUT2D eigenvalue weighted by molar-refractivity contribution is 0.385. The first kappa shape index (κ1) is 10.6. The minimum absolute atomic E-state index is 0.564. The average molecular weight is 208 g/mol. The molecule has 1 heterocycles. The Kier molecular flexibility index (Phi) is 3.05. The van der Waals surface area contributed by atoms with Crippen molar-refractivity contribution in [2.75, 3.05) is 0 Å². The summed E-state index contributed by atoms with van der Waals surface area (Å²) in [5.41, 5.74) is 0. The number of hydrogen-bond acceptors (Lipinski definition) is 3. The SMILES string of the molecule is CC(Cc1ncnn1C)C(C)NC1CC1. The maximum Gasteiger partial charge on any atom is 0.138 e. The Morgan fingerprint density at radius 1 is 1.53 bits per heavy atom. The molecule has 1 aromatic heterocycles. The zero-order valence-corrected chi connectivity index (χ0v) is 9.77. The highest BCUT2D eigenvalue weighted by molar-refractivity contribution is 4.90. The quantitative estimate of drug-likeness (QED) is 0.789. The monoisotopic (exact) mass is 208 g/mol. The molecule has 1 N–H and O–H groups in total. The third kappa shape index (κ3) is 2.78. The lowest BCUT2D eigenvalue weighted by Gasteiger charge is -2.20. The van der Waals surface area contributed by atoms with Crippen LogP contribution in [0, 0.1) is 5.92 Å². The summed E-state index contributed by atoms with van der Waals surface area (Å²) in [4.78, 5) is 4.26. The second-order valence-electron chi connectivity index (χ2n) is 4.71. The standard InChI is InChI=1S/C11H20N4/c1-8(9(2)14-10-4-5-10)6-11-12-7-13-15(11)3/h7-10,14H,4-6H2,1-3H3. The van der Waals surface area contributed by atoms with Gasteiger partial charge in [0.15, 0.2) is 0 Å². The molecule has 1 aliphatic rings.